The fourth-order valence-corrected chi connectivity index (χ4v) is 3.80. The summed E-state index contributed by atoms with van der Waals surface area (Å²) in [6.45, 7) is 11.8. The first kappa shape index (κ1) is 25.0. The third kappa shape index (κ3) is 5.47. The largest absolute Gasteiger partial charge is 0.444 e. The number of hydrogen-bond donors (Lipinski definition) is 3. The van der Waals surface area contributed by atoms with E-state index in [1.165, 1.54) is 23.1 Å². The molecule has 1 aromatic heterocycles. The predicted molar refractivity (Wildman–Crippen MR) is 129 cm³/mol. The van der Waals surface area contributed by atoms with Crippen LogP contribution in [0.1, 0.15) is 60.6 Å². The molecule has 3 amide bonds. The lowest BCUT2D eigenvalue weighted by atomic mass is 10.0. The Bertz CT molecular complexity index is 1160. The Hall–Kier alpha value is -3.62. The van der Waals surface area contributed by atoms with Crippen LogP contribution in [-0.4, -0.2) is 53.0 Å². The number of aryl methyl sites for hydroxylation is 1. The molecule has 0 unspecified atom stereocenters. The highest BCUT2D eigenvalue weighted by Gasteiger charge is 2.26. The number of likely N-dealkylation sites (N-methyl/N-ethyl adjacent to an activating group) is 1. The summed E-state index contributed by atoms with van der Waals surface area (Å²) in [4.78, 5) is 42.3. The van der Waals surface area contributed by atoms with Crippen LogP contribution in [0.4, 0.5) is 14.9 Å². The number of carbonyl (C=O) groups excluding carboxylic acids is 3. The summed E-state index contributed by atoms with van der Waals surface area (Å²) >= 11 is 0. The Balaban J connectivity index is 1.73. The number of benzene rings is 1. The van der Waals surface area contributed by atoms with Gasteiger partial charge >= 0.3 is 6.09 Å². The SMILES string of the molecule is CCN(CCNC(=O)c1c(C)[nH]c(C=C2C(=O)Nc3ccc(F)cc32)c1C)C(=O)OC(C)(C)C. The number of carbonyl (C=O) groups is 3. The molecule has 0 fully saturated rings. The number of ether oxygens (including phenoxy) is 1. The monoisotopic (exact) mass is 470 g/mol. The molecule has 3 rings (SSSR count). The van der Waals surface area contributed by atoms with Gasteiger partial charge in [0.15, 0.2) is 0 Å². The zero-order valence-corrected chi connectivity index (χ0v) is 20.4. The summed E-state index contributed by atoms with van der Waals surface area (Å²) in [5, 5.41) is 5.56. The minimum absolute atomic E-state index is 0.251. The van der Waals surface area contributed by atoms with Crippen molar-refractivity contribution in [3.05, 3.63) is 52.1 Å². The van der Waals surface area contributed by atoms with Crippen molar-refractivity contribution in [3.63, 3.8) is 0 Å². The summed E-state index contributed by atoms with van der Waals surface area (Å²) < 4.78 is 19.1. The zero-order valence-electron chi connectivity index (χ0n) is 20.4. The first-order valence-corrected chi connectivity index (χ1v) is 11.2. The van der Waals surface area contributed by atoms with Crippen LogP contribution in [0.25, 0.3) is 11.6 Å². The summed E-state index contributed by atoms with van der Waals surface area (Å²) in [5.41, 5.74) is 3.10. The number of hydrogen-bond acceptors (Lipinski definition) is 4. The molecule has 2 heterocycles. The Morgan fingerprint density at radius 3 is 2.59 bits per heavy atom. The van der Waals surface area contributed by atoms with Gasteiger partial charge in [-0.1, -0.05) is 0 Å². The van der Waals surface area contributed by atoms with Crippen LogP contribution in [-0.2, 0) is 9.53 Å². The van der Waals surface area contributed by atoms with Crippen LogP contribution >= 0.6 is 0 Å². The fraction of sp³-hybridized carbons (Fsp3) is 0.400. The number of halogens is 1. The molecule has 8 nitrogen and oxygen atoms in total. The van der Waals surface area contributed by atoms with E-state index in [1.807, 2.05) is 6.92 Å². The number of nitrogens with one attached hydrogen (secondary N) is 3. The highest BCUT2D eigenvalue weighted by molar-refractivity contribution is 6.34. The number of anilines is 1. The van der Waals surface area contributed by atoms with Crippen molar-refractivity contribution in [1.82, 2.24) is 15.2 Å². The Morgan fingerprint density at radius 1 is 1.24 bits per heavy atom. The van der Waals surface area contributed by atoms with Crippen molar-refractivity contribution in [1.29, 1.82) is 0 Å². The quantitative estimate of drug-likeness (QED) is 0.549. The molecule has 1 aromatic carbocycles. The molecule has 0 atom stereocenters. The second kappa shape index (κ2) is 9.70. The second-order valence-corrected chi connectivity index (χ2v) is 9.18. The Morgan fingerprint density at radius 2 is 1.94 bits per heavy atom. The third-order valence-corrected chi connectivity index (χ3v) is 5.46. The molecule has 0 spiro atoms. The first-order valence-electron chi connectivity index (χ1n) is 11.2. The number of aromatic amines is 1. The van der Waals surface area contributed by atoms with Gasteiger partial charge in [0.05, 0.1) is 11.1 Å². The van der Waals surface area contributed by atoms with Gasteiger partial charge < -0.3 is 25.3 Å². The van der Waals surface area contributed by atoms with E-state index in [1.54, 1.807) is 40.7 Å². The van der Waals surface area contributed by atoms with Gasteiger partial charge in [-0.15, -0.1) is 0 Å². The van der Waals surface area contributed by atoms with Gasteiger partial charge in [0.2, 0.25) is 0 Å². The summed E-state index contributed by atoms with van der Waals surface area (Å²) in [6, 6.07) is 4.12. The molecular weight excluding hydrogens is 439 g/mol. The molecule has 0 aliphatic carbocycles. The van der Waals surface area contributed by atoms with Crippen LogP contribution < -0.4 is 10.6 Å². The van der Waals surface area contributed by atoms with Gasteiger partial charge in [-0.2, -0.15) is 0 Å². The average Bonchev–Trinajstić information content (AvgIpc) is 3.19. The van der Waals surface area contributed by atoms with Crippen molar-refractivity contribution in [2.75, 3.05) is 25.0 Å². The van der Waals surface area contributed by atoms with E-state index in [0.29, 0.717) is 52.4 Å². The lowest BCUT2D eigenvalue weighted by Gasteiger charge is -2.26. The molecule has 9 heteroatoms. The number of fused-ring (bicyclic) bond motifs is 1. The van der Waals surface area contributed by atoms with Gasteiger partial charge in [0, 0.05) is 42.3 Å². The van der Waals surface area contributed by atoms with Crippen LogP contribution in [0, 0.1) is 19.7 Å². The highest BCUT2D eigenvalue weighted by Crippen LogP contribution is 2.34. The molecule has 0 saturated heterocycles. The predicted octanol–water partition coefficient (Wildman–Crippen LogP) is 4.25. The van der Waals surface area contributed by atoms with Crippen molar-refractivity contribution in [2.45, 2.75) is 47.1 Å². The maximum absolute atomic E-state index is 13.7. The summed E-state index contributed by atoms with van der Waals surface area (Å²) in [6.07, 6.45) is 1.19. The van der Waals surface area contributed by atoms with Gasteiger partial charge in [0.25, 0.3) is 11.8 Å². The van der Waals surface area contributed by atoms with Crippen molar-refractivity contribution < 1.29 is 23.5 Å². The molecule has 0 saturated carbocycles. The minimum atomic E-state index is -0.597. The van der Waals surface area contributed by atoms with E-state index < -0.39 is 17.5 Å². The molecule has 182 valence electrons. The topological polar surface area (TPSA) is 104 Å². The van der Waals surface area contributed by atoms with Gasteiger partial charge in [-0.25, -0.2) is 9.18 Å². The van der Waals surface area contributed by atoms with E-state index in [9.17, 15) is 18.8 Å². The maximum atomic E-state index is 13.7. The van der Waals surface area contributed by atoms with Crippen molar-refractivity contribution in [2.24, 2.45) is 0 Å². The standard InChI is InChI=1S/C25H31FN4O4/c1-7-30(24(33)34-25(4,5)6)11-10-27-23(32)21-14(2)20(28-15(21)3)13-18-17-12-16(26)8-9-19(17)29-22(18)31/h8-9,12-13,28H,7,10-11H2,1-6H3,(H,27,32)(H,29,31). The first-order chi connectivity index (χ1) is 15.9. The van der Waals surface area contributed by atoms with Crippen LogP contribution in [0.3, 0.4) is 0 Å². The lowest BCUT2D eigenvalue weighted by Crippen LogP contribution is -2.41. The number of nitrogens with zero attached hydrogens (tertiary/aromatic N) is 1. The molecule has 1 aliphatic rings. The minimum Gasteiger partial charge on any atom is -0.444 e. The van der Waals surface area contributed by atoms with E-state index in [4.69, 9.17) is 4.74 Å². The van der Waals surface area contributed by atoms with Crippen LogP contribution in [0.2, 0.25) is 0 Å². The normalized spacial score (nSPS) is 14.1. The maximum Gasteiger partial charge on any atom is 0.410 e. The lowest BCUT2D eigenvalue weighted by molar-refractivity contribution is -0.110. The number of amides is 3. The fourth-order valence-electron chi connectivity index (χ4n) is 3.80. The van der Waals surface area contributed by atoms with Crippen LogP contribution in [0.5, 0.6) is 0 Å². The molecule has 3 N–H and O–H groups in total. The van der Waals surface area contributed by atoms with E-state index in [0.717, 1.165) is 0 Å². The molecule has 0 radical (unpaired) electrons. The molecular formula is C25H31FN4O4. The van der Waals surface area contributed by atoms with Gasteiger partial charge in [0.1, 0.15) is 11.4 Å². The number of aromatic nitrogens is 1. The average molecular weight is 471 g/mol. The van der Waals surface area contributed by atoms with E-state index in [2.05, 4.69) is 15.6 Å². The number of rotatable bonds is 6. The summed E-state index contributed by atoms with van der Waals surface area (Å²) in [5.74, 6) is -1.06. The molecule has 1 aliphatic heterocycles. The van der Waals surface area contributed by atoms with Crippen LogP contribution in [0.15, 0.2) is 18.2 Å². The number of H-pyrrole nitrogens is 1. The highest BCUT2D eigenvalue weighted by atomic mass is 19.1. The Kier molecular flexibility index (Phi) is 7.14. The smallest absolute Gasteiger partial charge is 0.410 e. The van der Waals surface area contributed by atoms with Gasteiger partial charge in [-0.3, -0.25) is 9.59 Å². The molecule has 34 heavy (non-hydrogen) atoms. The molecule has 2 aromatic rings. The van der Waals surface area contributed by atoms with Crippen molar-refractivity contribution >= 4 is 35.2 Å². The second-order valence-electron chi connectivity index (χ2n) is 9.18. The summed E-state index contributed by atoms with van der Waals surface area (Å²) in [7, 11) is 0. The van der Waals surface area contributed by atoms with Crippen molar-refractivity contribution in [3.8, 4) is 0 Å². The Labute approximate surface area is 198 Å². The zero-order chi connectivity index (χ0) is 25.2. The van der Waals surface area contributed by atoms with Gasteiger partial charge in [-0.05, 0) is 71.4 Å². The third-order valence-electron chi connectivity index (χ3n) is 5.46. The van der Waals surface area contributed by atoms with E-state index in [-0.39, 0.29) is 18.4 Å². The van der Waals surface area contributed by atoms with E-state index >= 15 is 0 Å². The molecule has 0 bridgehead atoms.